The Balaban J connectivity index is 0.00000242. The highest BCUT2D eigenvalue weighted by molar-refractivity contribution is 5.98. The maximum absolute atomic E-state index is 12.4. The van der Waals surface area contributed by atoms with Crippen LogP contribution in [-0.4, -0.2) is 43.3 Å². The van der Waals surface area contributed by atoms with Gasteiger partial charge in [-0.2, -0.15) is 0 Å². The number of ketones is 1. The summed E-state index contributed by atoms with van der Waals surface area (Å²) >= 11 is 0. The number of hydrogen-bond donors (Lipinski definition) is 1. The summed E-state index contributed by atoms with van der Waals surface area (Å²) in [4.78, 5) is 26.0. The monoisotopic (exact) mass is 326 g/mol. The van der Waals surface area contributed by atoms with E-state index in [0.717, 1.165) is 18.6 Å². The van der Waals surface area contributed by atoms with Gasteiger partial charge in [0.2, 0.25) is 5.91 Å². The highest BCUT2D eigenvalue weighted by Crippen LogP contribution is 2.23. The van der Waals surface area contributed by atoms with Gasteiger partial charge in [0.1, 0.15) is 5.75 Å². The van der Waals surface area contributed by atoms with Crippen LogP contribution in [-0.2, 0) is 4.79 Å². The molecule has 1 aromatic rings. The molecule has 1 amide bonds. The average molecular weight is 327 g/mol. The van der Waals surface area contributed by atoms with Gasteiger partial charge in [0.15, 0.2) is 5.78 Å². The number of ether oxygens (including phenoxy) is 1. The third-order valence-corrected chi connectivity index (χ3v) is 3.95. The Kier molecular flexibility index (Phi) is 7.35. The predicted molar refractivity (Wildman–Crippen MR) is 87.5 cm³/mol. The van der Waals surface area contributed by atoms with Gasteiger partial charge in [-0.3, -0.25) is 9.59 Å². The molecule has 1 aliphatic heterocycles. The topological polar surface area (TPSA) is 72.6 Å². The molecule has 1 fully saturated rings. The third kappa shape index (κ3) is 4.45. The minimum absolute atomic E-state index is 0. The summed E-state index contributed by atoms with van der Waals surface area (Å²) < 4.78 is 5.09. The molecule has 122 valence electrons. The second-order valence-electron chi connectivity index (χ2n) is 5.29. The molecule has 0 bridgehead atoms. The first-order chi connectivity index (χ1) is 10.2. The Morgan fingerprint density at radius 2 is 1.82 bits per heavy atom. The molecule has 22 heavy (non-hydrogen) atoms. The van der Waals surface area contributed by atoms with Crippen LogP contribution in [0.1, 0.15) is 29.6 Å². The molecule has 0 unspecified atom stereocenters. The van der Waals surface area contributed by atoms with Crippen molar-refractivity contribution in [1.82, 2.24) is 4.90 Å². The Labute approximate surface area is 137 Å². The first-order valence-electron chi connectivity index (χ1n) is 7.32. The second kappa shape index (κ2) is 8.76. The van der Waals surface area contributed by atoms with E-state index in [9.17, 15) is 9.59 Å². The van der Waals surface area contributed by atoms with Crippen LogP contribution in [0.25, 0.3) is 0 Å². The van der Waals surface area contributed by atoms with Crippen molar-refractivity contribution in [3.05, 3.63) is 29.8 Å². The van der Waals surface area contributed by atoms with Crippen molar-refractivity contribution in [2.75, 3.05) is 26.7 Å². The van der Waals surface area contributed by atoms with E-state index < -0.39 is 0 Å². The van der Waals surface area contributed by atoms with Crippen molar-refractivity contribution < 1.29 is 14.3 Å². The van der Waals surface area contributed by atoms with Gasteiger partial charge >= 0.3 is 0 Å². The fourth-order valence-corrected chi connectivity index (χ4v) is 2.66. The van der Waals surface area contributed by atoms with Crippen LogP contribution in [0.2, 0.25) is 0 Å². The van der Waals surface area contributed by atoms with Crippen LogP contribution in [0.15, 0.2) is 24.3 Å². The van der Waals surface area contributed by atoms with Gasteiger partial charge < -0.3 is 15.4 Å². The van der Waals surface area contributed by atoms with Crippen molar-refractivity contribution >= 4 is 24.1 Å². The minimum Gasteiger partial charge on any atom is -0.497 e. The lowest BCUT2D eigenvalue weighted by molar-refractivity contribution is -0.132. The zero-order chi connectivity index (χ0) is 15.2. The standard InChI is InChI=1S/C16H22N2O3.ClH/c1-21-14-4-2-12(3-5-14)16(20)13-7-10-18(11-8-13)15(19)6-9-17;/h2-5,13H,6-11,17H2,1H3;1H. The smallest absolute Gasteiger partial charge is 0.223 e. The summed E-state index contributed by atoms with van der Waals surface area (Å²) in [5.74, 6) is 0.991. The van der Waals surface area contributed by atoms with E-state index in [4.69, 9.17) is 10.5 Å². The number of rotatable bonds is 5. The maximum Gasteiger partial charge on any atom is 0.223 e. The molecule has 0 aliphatic carbocycles. The summed E-state index contributed by atoms with van der Waals surface area (Å²) in [6.45, 7) is 1.67. The van der Waals surface area contributed by atoms with Crippen molar-refractivity contribution in [2.24, 2.45) is 11.7 Å². The number of nitrogens with zero attached hydrogens (tertiary/aromatic N) is 1. The van der Waals surface area contributed by atoms with Gasteiger partial charge in [-0.15, -0.1) is 12.4 Å². The molecule has 0 spiro atoms. The third-order valence-electron chi connectivity index (χ3n) is 3.95. The fraction of sp³-hybridized carbons (Fsp3) is 0.500. The fourth-order valence-electron chi connectivity index (χ4n) is 2.66. The second-order valence-corrected chi connectivity index (χ2v) is 5.29. The highest BCUT2D eigenvalue weighted by atomic mass is 35.5. The van der Waals surface area contributed by atoms with Crippen LogP contribution in [0.4, 0.5) is 0 Å². The van der Waals surface area contributed by atoms with E-state index in [1.54, 1.807) is 31.4 Å². The first-order valence-corrected chi connectivity index (χ1v) is 7.32. The summed E-state index contributed by atoms with van der Waals surface area (Å²) in [5.41, 5.74) is 6.11. The van der Waals surface area contributed by atoms with E-state index >= 15 is 0 Å². The Hall–Kier alpha value is -1.59. The Morgan fingerprint density at radius 3 is 2.32 bits per heavy atom. The van der Waals surface area contributed by atoms with E-state index in [0.29, 0.717) is 31.6 Å². The summed E-state index contributed by atoms with van der Waals surface area (Å²) in [6.07, 6.45) is 1.83. The lowest BCUT2D eigenvalue weighted by atomic mass is 9.89. The molecule has 1 heterocycles. The molecular formula is C16H23ClN2O3. The molecule has 2 N–H and O–H groups in total. The van der Waals surface area contributed by atoms with Gasteiger partial charge in [0.25, 0.3) is 0 Å². The Morgan fingerprint density at radius 1 is 1.23 bits per heavy atom. The maximum atomic E-state index is 12.4. The van der Waals surface area contributed by atoms with Crippen molar-refractivity contribution in [1.29, 1.82) is 0 Å². The summed E-state index contributed by atoms with van der Waals surface area (Å²) in [5, 5.41) is 0. The number of amides is 1. The van der Waals surface area contributed by atoms with Crippen LogP contribution < -0.4 is 10.5 Å². The van der Waals surface area contributed by atoms with Gasteiger partial charge in [-0.1, -0.05) is 0 Å². The number of methoxy groups -OCH3 is 1. The van der Waals surface area contributed by atoms with Gasteiger partial charge in [-0.05, 0) is 37.1 Å². The van der Waals surface area contributed by atoms with Crippen LogP contribution in [0, 0.1) is 5.92 Å². The number of benzene rings is 1. The lowest BCUT2D eigenvalue weighted by Crippen LogP contribution is -2.40. The number of hydrogen-bond acceptors (Lipinski definition) is 4. The zero-order valence-corrected chi connectivity index (χ0v) is 13.6. The largest absolute Gasteiger partial charge is 0.497 e. The van der Waals surface area contributed by atoms with Gasteiger partial charge in [0, 0.05) is 37.5 Å². The van der Waals surface area contributed by atoms with Crippen molar-refractivity contribution in [3.8, 4) is 5.75 Å². The number of carbonyl (C=O) groups excluding carboxylic acids is 2. The summed E-state index contributed by atoms with van der Waals surface area (Å²) in [6, 6.07) is 7.19. The minimum atomic E-state index is 0. The molecule has 0 atom stereocenters. The number of likely N-dealkylation sites (tertiary alicyclic amines) is 1. The van der Waals surface area contributed by atoms with Crippen LogP contribution >= 0.6 is 12.4 Å². The normalized spacial score (nSPS) is 15.1. The van der Waals surface area contributed by atoms with E-state index in [1.165, 1.54) is 0 Å². The van der Waals surface area contributed by atoms with Crippen molar-refractivity contribution in [2.45, 2.75) is 19.3 Å². The summed E-state index contributed by atoms with van der Waals surface area (Å²) in [7, 11) is 1.60. The van der Waals surface area contributed by atoms with Gasteiger partial charge in [-0.25, -0.2) is 0 Å². The van der Waals surface area contributed by atoms with Crippen LogP contribution in [0.3, 0.4) is 0 Å². The number of carbonyl (C=O) groups is 2. The molecule has 5 nitrogen and oxygen atoms in total. The predicted octanol–water partition coefficient (Wildman–Crippen LogP) is 1.89. The molecular weight excluding hydrogens is 304 g/mol. The van der Waals surface area contributed by atoms with E-state index in [1.807, 2.05) is 4.90 Å². The van der Waals surface area contributed by atoms with Crippen LogP contribution in [0.5, 0.6) is 5.75 Å². The zero-order valence-electron chi connectivity index (χ0n) is 12.8. The first kappa shape index (κ1) is 18.5. The number of Topliss-reactive ketones (excluding diaryl/α,β-unsaturated/α-hetero) is 1. The lowest BCUT2D eigenvalue weighted by Gasteiger charge is -2.31. The average Bonchev–Trinajstić information content (AvgIpc) is 2.54. The quantitative estimate of drug-likeness (QED) is 0.839. The highest BCUT2D eigenvalue weighted by Gasteiger charge is 2.27. The molecule has 0 saturated carbocycles. The Bertz CT molecular complexity index is 497. The van der Waals surface area contributed by atoms with Crippen molar-refractivity contribution in [3.63, 3.8) is 0 Å². The van der Waals surface area contributed by atoms with Gasteiger partial charge in [0.05, 0.1) is 7.11 Å². The number of piperidine rings is 1. The molecule has 6 heteroatoms. The van der Waals surface area contributed by atoms with E-state index in [-0.39, 0.29) is 30.0 Å². The molecule has 0 aromatic heterocycles. The van der Waals surface area contributed by atoms with E-state index in [2.05, 4.69) is 0 Å². The molecule has 1 aromatic carbocycles. The molecule has 0 radical (unpaired) electrons. The SMILES string of the molecule is COc1ccc(C(=O)C2CCN(C(=O)CCN)CC2)cc1.Cl. The molecule has 1 aliphatic rings. The number of halogens is 1. The molecule has 2 rings (SSSR count). The molecule has 1 saturated heterocycles. The number of nitrogens with two attached hydrogens (primary N) is 1.